The Labute approximate surface area is 201 Å². The van der Waals surface area contributed by atoms with Gasteiger partial charge in [-0.1, -0.05) is 12.1 Å². The maximum atomic E-state index is 11.6. The molecule has 1 saturated heterocycles. The Kier molecular flexibility index (Phi) is 5.02. The van der Waals surface area contributed by atoms with E-state index in [0.717, 1.165) is 53.4 Å². The minimum atomic E-state index is -0.984. The molecular formula is C26H23N7O2. The quantitative estimate of drug-likeness (QED) is 0.410. The molecule has 0 amide bonds. The molecule has 9 nitrogen and oxygen atoms in total. The van der Waals surface area contributed by atoms with Crippen molar-refractivity contribution in [3.63, 3.8) is 0 Å². The first-order valence-electron chi connectivity index (χ1n) is 11.5. The van der Waals surface area contributed by atoms with Gasteiger partial charge in [-0.15, -0.1) is 0 Å². The zero-order valence-corrected chi connectivity index (χ0v) is 19.1. The molecule has 1 atom stereocenters. The molecule has 0 saturated carbocycles. The molecule has 35 heavy (non-hydrogen) atoms. The maximum Gasteiger partial charge on any atom is 0.335 e. The molecule has 0 spiro atoms. The molecule has 1 fully saturated rings. The number of aromatic nitrogens is 5. The van der Waals surface area contributed by atoms with Crippen LogP contribution in [0.4, 0.5) is 11.6 Å². The van der Waals surface area contributed by atoms with E-state index in [2.05, 4.69) is 38.0 Å². The lowest BCUT2D eigenvalue weighted by molar-refractivity contribution is 0.0697. The Morgan fingerprint density at radius 2 is 1.97 bits per heavy atom. The number of aromatic amines is 1. The predicted octanol–water partition coefficient (Wildman–Crippen LogP) is 3.98. The van der Waals surface area contributed by atoms with Crippen LogP contribution in [0.3, 0.4) is 0 Å². The van der Waals surface area contributed by atoms with Crippen molar-refractivity contribution in [3.8, 4) is 11.3 Å². The van der Waals surface area contributed by atoms with Gasteiger partial charge in [0, 0.05) is 42.8 Å². The van der Waals surface area contributed by atoms with Crippen LogP contribution in [0, 0.1) is 0 Å². The fourth-order valence-corrected chi connectivity index (χ4v) is 4.68. The van der Waals surface area contributed by atoms with E-state index < -0.39 is 5.97 Å². The highest BCUT2D eigenvalue weighted by Crippen LogP contribution is 2.34. The van der Waals surface area contributed by atoms with Gasteiger partial charge in [0.15, 0.2) is 5.82 Å². The number of carbonyl (C=O) groups is 1. The number of piperazine rings is 1. The molecule has 9 heteroatoms. The first-order valence-corrected chi connectivity index (χ1v) is 11.5. The van der Waals surface area contributed by atoms with Crippen molar-refractivity contribution in [3.05, 3.63) is 72.6 Å². The number of pyridine rings is 1. The summed E-state index contributed by atoms with van der Waals surface area (Å²) in [6.07, 6.45) is 3.60. The topological polar surface area (TPSA) is 111 Å². The van der Waals surface area contributed by atoms with Crippen LogP contribution in [0.1, 0.15) is 17.3 Å². The van der Waals surface area contributed by atoms with Gasteiger partial charge in [0.05, 0.1) is 28.3 Å². The van der Waals surface area contributed by atoms with E-state index in [1.165, 1.54) is 0 Å². The number of H-pyrrole nitrogens is 1. The Morgan fingerprint density at radius 3 is 2.77 bits per heavy atom. The van der Waals surface area contributed by atoms with Crippen LogP contribution in [-0.2, 0) is 0 Å². The van der Waals surface area contributed by atoms with Crippen LogP contribution in [0.2, 0.25) is 0 Å². The van der Waals surface area contributed by atoms with Crippen molar-refractivity contribution in [2.24, 2.45) is 0 Å². The van der Waals surface area contributed by atoms with Crippen LogP contribution in [0.25, 0.3) is 33.2 Å². The van der Waals surface area contributed by atoms with Gasteiger partial charge in [-0.2, -0.15) is 5.10 Å². The van der Waals surface area contributed by atoms with Crippen molar-refractivity contribution in [2.75, 3.05) is 29.4 Å². The van der Waals surface area contributed by atoms with Gasteiger partial charge >= 0.3 is 5.97 Å². The fourth-order valence-electron chi connectivity index (χ4n) is 4.68. The van der Waals surface area contributed by atoms with Gasteiger partial charge in [0.25, 0.3) is 0 Å². The van der Waals surface area contributed by atoms with Crippen molar-refractivity contribution >= 4 is 39.5 Å². The lowest BCUT2D eigenvalue weighted by Crippen LogP contribution is -2.52. The summed E-state index contributed by atoms with van der Waals surface area (Å²) in [6.45, 7) is 4.47. The average Bonchev–Trinajstić information content (AvgIpc) is 3.36. The molecule has 174 valence electrons. The molecular weight excluding hydrogens is 442 g/mol. The number of hydrogen-bond acceptors (Lipinski definition) is 7. The van der Waals surface area contributed by atoms with Gasteiger partial charge in [0.1, 0.15) is 11.5 Å². The molecule has 4 heterocycles. The summed E-state index contributed by atoms with van der Waals surface area (Å²) in [6, 6.07) is 17.0. The summed E-state index contributed by atoms with van der Waals surface area (Å²) < 4.78 is 0. The Balaban J connectivity index is 1.46. The smallest absolute Gasteiger partial charge is 0.335 e. The number of benzene rings is 2. The van der Waals surface area contributed by atoms with Crippen LogP contribution in [0.15, 0.2) is 67.0 Å². The molecule has 5 aromatic rings. The Hall–Kier alpha value is -4.53. The fraction of sp³-hybridized carbons (Fsp3) is 0.192. The van der Waals surface area contributed by atoms with Gasteiger partial charge in [-0.3, -0.25) is 5.10 Å². The van der Waals surface area contributed by atoms with Gasteiger partial charge < -0.3 is 14.9 Å². The largest absolute Gasteiger partial charge is 0.478 e. The summed E-state index contributed by atoms with van der Waals surface area (Å²) in [5.41, 5.74) is 4.06. The van der Waals surface area contributed by atoms with Crippen LogP contribution in [-0.4, -0.2) is 61.9 Å². The van der Waals surface area contributed by atoms with Gasteiger partial charge in [-0.05, 0) is 49.4 Å². The lowest BCUT2D eigenvalue weighted by atomic mass is 10.1. The van der Waals surface area contributed by atoms with Crippen LogP contribution >= 0.6 is 0 Å². The summed E-state index contributed by atoms with van der Waals surface area (Å²) in [7, 11) is 0. The van der Waals surface area contributed by atoms with Crippen molar-refractivity contribution < 1.29 is 9.90 Å². The summed E-state index contributed by atoms with van der Waals surface area (Å²) in [5.74, 6) is 0.721. The predicted molar refractivity (Wildman–Crippen MR) is 135 cm³/mol. The third kappa shape index (κ3) is 3.80. The average molecular weight is 466 g/mol. The number of hydrogen-bond donors (Lipinski definition) is 2. The second-order valence-corrected chi connectivity index (χ2v) is 8.75. The molecule has 0 aliphatic carbocycles. The number of aromatic carboxylic acids is 1. The number of anilines is 2. The highest BCUT2D eigenvalue weighted by molar-refractivity contribution is 5.94. The van der Waals surface area contributed by atoms with Crippen molar-refractivity contribution in [2.45, 2.75) is 13.0 Å². The third-order valence-electron chi connectivity index (χ3n) is 6.48. The van der Waals surface area contributed by atoms with E-state index >= 15 is 0 Å². The normalized spacial score (nSPS) is 16.2. The van der Waals surface area contributed by atoms with E-state index in [1.807, 2.05) is 36.5 Å². The molecule has 0 bridgehead atoms. The zero-order chi connectivity index (χ0) is 23.9. The summed E-state index contributed by atoms with van der Waals surface area (Å²) in [4.78, 5) is 30.5. The van der Waals surface area contributed by atoms with E-state index in [4.69, 9.17) is 9.97 Å². The molecule has 1 unspecified atom stereocenters. The monoisotopic (exact) mass is 465 g/mol. The summed E-state index contributed by atoms with van der Waals surface area (Å²) in [5, 5.41) is 17.6. The number of carboxylic acid groups (broad SMARTS) is 1. The zero-order valence-electron chi connectivity index (χ0n) is 19.1. The Bertz CT molecular complexity index is 1550. The van der Waals surface area contributed by atoms with Crippen molar-refractivity contribution in [1.82, 2.24) is 25.1 Å². The maximum absolute atomic E-state index is 11.6. The van der Waals surface area contributed by atoms with Gasteiger partial charge in [-0.25, -0.2) is 19.7 Å². The number of nitrogens with zero attached hydrogens (tertiary/aromatic N) is 6. The molecule has 1 aliphatic rings. The highest BCUT2D eigenvalue weighted by atomic mass is 16.4. The standard InChI is InChI=1S/C26H23N7O2/c1-16-15-32(23-4-2-3-9-27-23)10-11-33(16)25-24(17-5-7-20-19(12-17)14-28-31-20)29-21-8-6-18(26(34)35)13-22(21)30-25/h2-9,12-14,16H,10-11,15H2,1H3,(H,28,31)(H,34,35). The van der Waals surface area contributed by atoms with E-state index in [1.54, 1.807) is 24.4 Å². The molecule has 1 aliphatic heterocycles. The molecule has 0 radical (unpaired) electrons. The minimum Gasteiger partial charge on any atom is -0.478 e. The minimum absolute atomic E-state index is 0.136. The number of carboxylic acids is 1. The van der Waals surface area contributed by atoms with Crippen LogP contribution in [0.5, 0.6) is 0 Å². The lowest BCUT2D eigenvalue weighted by Gasteiger charge is -2.41. The van der Waals surface area contributed by atoms with Crippen LogP contribution < -0.4 is 9.80 Å². The summed E-state index contributed by atoms with van der Waals surface area (Å²) >= 11 is 0. The molecule has 2 N–H and O–H groups in total. The number of fused-ring (bicyclic) bond motifs is 2. The molecule has 3 aromatic heterocycles. The van der Waals surface area contributed by atoms with Crippen molar-refractivity contribution in [1.29, 1.82) is 0 Å². The number of nitrogens with one attached hydrogen (secondary N) is 1. The second-order valence-electron chi connectivity index (χ2n) is 8.75. The highest BCUT2D eigenvalue weighted by Gasteiger charge is 2.28. The number of rotatable bonds is 4. The first-order chi connectivity index (χ1) is 17.1. The first kappa shape index (κ1) is 21.0. The SMILES string of the molecule is CC1CN(c2ccccn2)CCN1c1nc2cc(C(=O)O)ccc2nc1-c1ccc2[nH]ncc2c1. The molecule has 6 rings (SSSR count). The van der Waals surface area contributed by atoms with E-state index in [-0.39, 0.29) is 11.6 Å². The van der Waals surface area contributed by atoms with Gasteiger partial charge in [0.2, 0.25) is 0 Å². The van der Waals surface area contributed by atoms with E-state index in [0.29, 0.717) is 11.0 Å². The van der Waals surface area contributed by atoms with E-state index in [9.17, 15) is 9.90 Å². The Morgan fingerprint density at radius 1 is 1.06 bits per heavy atom. The third-order valence-corrected chi connectivity index (χ3v) is 6.48. The second kappa shape index (κ2) is 8.35. The molecule has 2 aromatic carbocycles.